The number of hydrogen-bond donors (Lipinski definition) is 0. The highest BCUT2D eigenvalue weighted by Gasteiger charge is 2.16. The van der Waals surface area contributed by atoms with Gasteiger partial charge in [-0.1, -0.05) is 20.8 Å². The van der Waals surface area contributed by atoms with Crippen LogP contribution in [0.15, 0.2) is 18.3 Å². The second kappa shape index (κ2) is 4.31. The van der Waals surface area contributed by atoms with E-state index in [0.29, 0.717) is 5.56 Å². The summed E-state index contributed by atoms with van der Waals surface area (Å²) >= 11 is 0. The Bertz CT molecular complexity index is 371. The normalized spacial score (nSPS) is 10.9. The minimum atomic E-state index is 0.193. The van der Waals surface area contributed by atoms with E-state index in [1.807, 2.05) is 11.9 Å². The molecule has 1 rings (SSSR count). The van der Waals surface area contributed by atoms with Crippen LogP contribution in [0.1, 0.15) is 26.3 Å². The number of nitriles is 1. The Labute approximate surface area is 91.4 Å². The first kappa shape index (κ1) is 11.5. The molecule has 0 bridgehead atoms. The lowest BCUT2D eigenvalue weighted by molar-refractivity contribution is 0.417. The third kappa shape index (κ3) is 3.25. The number of nitrogens with zero attached hydrogens (tertiary/aromatic N) is 3. The molecule has 0 saturated carbocycles. The van der Waals surface area contributed by atoms with E-state index >= 15 is 0 Å². The van der Waals surface area contributed by atoms with Crippen LogP contribution in [0.25, 0.3) is 0 Å². The molecule has 0 radical (unpaired) electrons. The van der Waals surface area contributed by atoms with E-state index in [9.17, 15) is 0 Å². The molecule has 0 N–H and O–H groups in total. The summed E-state index contributed by atoms with van der Waals surface area (Å²) in [7, 11) is 1.97. The first-order chi connectivity index (χ1) is 6.94. The van der Waals surface area contributed by atoms with Crippen LogP contribution in [0.4, 0.5) is 5.82 Å². The van der Waals surface area contributed by atoms with Crippen molar-refractivity contribution in [1.82, 2.24) is 4.98 Å². The average molecular weight is 203 g/mol. The van der Waals surface area contributed by atoms with Crippen molar-refractivity contribution in [2.75, 3.05) is 18.5 Å². The first-order valence-corrected chi connectivity index (χ1v) is 5.00. The largest absolute Gasteiger partial charge is 0.358 e. The molecule has 0 aliphatic carbocycles. The van der Waals surface area contributed by atoms with Crippen molar-refractivity contribution in [3.8, 4) is 6.07 Å². The van der Waals surface area contributed by atoms with Gasteiger partial charge in [-0.25, -0.2) is 4.98 Å². The van der Waals surface area contributed by atoms with Gasteiger partial charge in [-0.3, -0.25) is 0 Å². The fourth-order valence-corrected chi connectivity index (χ4v) is 1.57. The lowest BCUT2D eigenvalue weighted by Gasteiger charge is -2.27. The predicted molar refractivity (Wildman–Crippen MR) is 61.7 cm³/mol. The number of hydrogen-bond acceptors (Lipinski definition) is 3. The van der Waals surface area contributed by atoms with Crippen LogP contribution in [0.2, 0.25) is 0 Å². The molecular weight excluding hydrogens is 186 g/mol. The molecular formula is C12H17N3. The Balaban J connectivity index is 2.92. The summed E-state index contributed by atoms with van der Waals surface area (Å²) < 4.78 is 0. The maximum Gasteiger partial charge on any atom is 0.146 e. The number of aromatic nitrogens is 1. The van der Waals surface area contributed by atoms with Crippen LogP contribution in [0.5, 0.6) is 0 Å². The Morgan fingerprint density at radius 3 is 2.67 bits per heavy atom. The zero-order chi connectivity index (χ0) is 11.5. The molecule has 15 heavy (non-hydrogen) atoms. The van der Waals surface area contributed by atoms with Crippen LogP contribution < -0.4 is 4.90 Å². The van der Waals surface area contributed by atoms with Crippen LogP contribution >= 0.6 is 0 Å². The van der Waals surface area contributed by atoms with E-state index in [1.54, 1.807) is 18.3 Å². The van der Waals surface area contributed by atoms with Gasteiger partial charge in [0.15, 0.2) is 0 Å². The molecule has 80 valence electrons. The summed E-state index contributed by atoms with van der Waals surface area (Å²) in [6, 6.07) is 5.74. The Hall–Kier alpha value is -1.56. The van der Waals surface area contributed by atoms with Crippen molar-refractivity contribution in [2.24, 2.45) is 5.41 Å². The molecule has 3 heteroatoms. The van der Waals surface area contributed by atoms with Crippen molar-refractivity contribution in [2.45, 2.75) is 20.8 Å². The number of anilines is 1. The topological polar surface area (TPSA) is 39.9 Å². The monoisotopic (exact) mass is 203 g/mol. The average Bonchev–Trinajstić information content (AvgIpc) is 2.15. The van der Waals surface area contributed by atoms with E-state index in [1.165, 1.54) is 0 Å². The van der Waals surface area contributed by atoms with Gasteiger partial charge in [0.25, 0.3) is 0 Å². The molecule has 1 aromatic rings. The van der Waals surface area contributed by atoms with Crippen LogP contribution in [0.3, 0.4) is 0 Å². The maximum absolute atomic E-state index is 8.95. The molecule has 0 aromatic carbocycles. The molecule has 1 aromatic heterocycles. The molecule has 0 saturated heterocycles. The van der Waals surface area contributed by atoms with Crippen LogP contribution in [0, 0.1) is 16.7 Å². The first-order valence-electron chi connectivity index (χ1n) is 5.00. The fraction of sp³-hybridized carbons (Fsp3) is 0.500. The Morgan fingerprint density at radius 2 is 2.13 bits per heavy atom. The van der Waals surface area contributed by atoms with Gasteiger partial charge in [0.1, 0.15) is 11.9 Å². The van der Waals surface area contributed by atoms with Crippen molar-refractivity contribution in [1.29, 1.82) is 5.26 Å². The zero-order valence-electron chi connectivity index (χ0n) is 9.78. The molecule has 3 nitrogen and oxygen atoms in total. The van der Waals surface area contributed by atoms with E-state index < -0.39 is 0 Å². The summed E-state index contributed by atoms with van der Waals surface area (Å²) in [5.74, 6) is 0.759. The molecule has 0 aliphatic heterocycles. The van der Waals surface area contributed by atoms with Crippen molar-refractivity contribution >= 4 is 5.82 Å². The molecule has 1 heterocycles. The van der Waals surface area contributed by atoms with E-state index in [0.717, 1.165) is 12.4 Å². The van der Waals surface area contributed by atoms with Gasteiger partial charge in [-0.05, 0) is 17.5 Å². The Kier molecular flexibility index (Phi) is 3.31. The second-order valence-electron chi connectivity index (χ2n) is 4.90. The predicted octanol–water partition coefficient (Wildman–Crippen LogP) is 2.44. The summed E-state index contributed by atoms with van der Waals surface area (Å²) in [4.78, 5) is 6.26. The summed E-state index contributed by atoms with van der Waals surface area (Å²) in [5.41, 5.74) is 0.822. The van der Waals surface area contributed by atoms with Gasteiger partial charge in [0.2, 0.25) is 0 Å². The van der Waals surface area contributed by atoms with E-state index in [2.05, 4.69) is 31.8 Å². The van der Waals surface area contributed by atoms with Crippen LogP contribution in [-0.2, 0) is 0 Å². The highest BCUT2D eigenvalue weighted by molar-refractivity contribution is 5.52. The van der Waals surface area contributed by atoms with Gasteiger partial charge in [-0.2, -0.15) is 5.26 Å². The number of rotatable bonds is 2. The molecule has 0 atom stereocenters. The van der Waals surface area contributed by atoms with Gasteiger partial charge in [0, 0.05) is 19.8 Å². The maximum atomic E-state index is 8.95. The minimum Gasteiger partial charge on any atom is -0.358 e. The lowest BCUT2D eigenvalue weighted by Crippen LogP contribution is -2.30. The van der Waals surface area contributed by atoms with Gasteiger partial charge in [0.05, 0.1) is 5.56 Å². The summed E-state index contributed by atoms with van der Waals surface area (Å²) in [6.07, 6.45) is 1.72. The van der Waals surface area contributed by atoms with Crippen molar-refractivity contribution < 1.29 is 0 Å². The van der Waals surface area contributed by atoms with Crippen molar-refractivity contribution in [3.63, 3.8) is 0 Å². The van der Waals surface area contributed by atoms with E-state index in [-0.39, 0.29) is 5.41 Å². The minimum absolute atomic E-state index is 0.193. The van der Waals surface area contributed by atoms with Crippen molar-refractivity contribution in [3.05, 3.63) is 23.9 Å². The standard InChI is InChI=1S/C12H17N3/c1-12(2,3)9-15(4)11-10(8-13)6-5-7-14-11/h5-7H,9H2,1-4H3. The van der Waals surface area contributed by atoms with Gasteiger partial charge >= 0.3 is 0 Å². The van der Waals surface area contributed by atoms with Crippen LogP contribution in [-0.4, -0.2) is 18.6 Å². The molecule has 0 spiro atoms. The third-order valence-electron chi connectivity index (χ3n) is 1.98. The van der Waals surface area contributed by atoms with Gasteiger partial charge in [-0.15, -0.1) is 0 Å². The quantitative estimate of drug-likeness (QED) is 0.741. The summed E-state index contributed by atoms with van der Waals surface area (Å²) in [5, 5.41) is 8.95. The molecule has 0 fully saturated rings. The SMILES string of the molecule is CN(CC(C)(C)C)c1ncccc1C#N. The fourth-order valence-electron chi connectivity index (χ4n) is 1.57. The second-order valence-corrected chi connectivity index (χ2v) is 4.90. The molecule has 0 aliphatic rings. The number of pyridine rings is 1. The third-order valence-corrected chi connectivity index (χ3v) is 1.98. The highest BCUT2D eigenvalue weighted by atomic mass is 15.2. The zero-order valence-corrected chi connectivity index (χ0v) is 9.78. The van der Waals surface area contributed by atoms with Gasteiger partial charge < -0.3 is 4.90 Å². The Morgan fingerprint density at radius 1 is 1.47 bits per heavy atom. The lowest BCUT2D eigenvalue weighted by atomic mass is 9.96. The highest BCUT2D eigenvalue weighted by Crippen LogP contribution is 2.20. The smallest absolute Gasteiger partial charge is 0.146 e. The molecule has 0 amide bonds. The summed E-state index contributed by atoms with van der Waals surface area (Å²) in [6.45, 7) is 7.37. The van der Waals surface area contributed by atoms with E-state index in [4.69, 9.17) is 5.26 Å². The molecule has 0 unspecified atom stereocenters.